The second kappa shape index (κ2) is 9.15. The second-order valence-electron chi connectivity index (χ2n) is 7.80. The lowest BCUT2D eigenvalue weighted by Crippen LogP contribution is -2.65. The van der Waals surface area contributed by atoms with Gasteiger partial charge < -0.3 is 39.1 Å². The van der Waals surface area contributed by atoms with Crippen LogP contribution in [0.25, 0.3) is 11.0 Å². The summed E-state index contributed by atoms with van der Waals surface area (Å²) < 4.78 is 27.7. The van der Waals surface area contributed by atoms with Gasteiger partial charge in [-0.15, -0.1) is 0 Å². The van der Waals surface area contributed by atoms with Crippen molar-refractivity contribution in [1.82, 2.24) is 5.32 Å². The van der Waals surface area contributed by atoms with E-state index in [-0.39, 0.29) is 17.0 Å². The Bertz CT molecular complexity index is 1060. The molecule has 2 amide bonds. The van der Waals surface area contributed by atoms with E-state index in [1.165, 1.54) is 33.2 Å². The number of methoxy groups -OCH3 is 1. The Morgan fingerprint density at radius 1 is 1.22 bits per heavy atom. The maximum atomic E-state index is 12.1. The molecule has 1 aliphatic rings. The maximum absolute atomic E-state index is 12.1. The third-order valence-corrected chi connectivity index (χ3v) is 4.99. The summed E-state index contributed by atoms with van der Waals surface area (Å²) in [5.74, 6) is -0.159. The first-order valence-corrected chi connectivity index (χ1v) is 9.85. The molecule has 3 N–H and O–H groups in total. The predicted octanol–water partition coefficient (Wildman–Crippen LogP) is 1.37. The lowest BCUT2D eigenvalue weighted by atomic mass is 9.89. The Kier molecular flexibility index (Phi) is 6.72. The standard InChI is InChI=1S/C21H26N2O9/c1-10(24)23-13-8-11-6-7-12(9-14(11)30-18(13)26)29-19-15(25)16(31-20(27)22-4)17(28-5)21(2,3)32-19/h6-9,15-17,19,25H,1-5H3,(H,22,27)(H,23,24)/t15-,16-,17+,19?/m0/s1. The molecule has 1 fully saturated rings. The van der Waals surface area contributed by atoms with Crippen LogP contribution in [0.3, 0.4) is 0 Å². The van der Waals surface area contributed by atoms with E-state index in [2.05, 4.69) is 10.6 Å². The van der Waals surface area contributed by atoms with E-state index in [9.17, 15) is 19.5 Å². The smallest absolute Gasteiger partial charge is 0.407 e. The van der Waals surface area contributed by atoms with E-state index in [1.807, 2.05) is 0 Å². The fourth-order valence-electron chi connectivity index (χ4n) is 3.57. The topological polar surface area (TPSA) is 146 Å². The van der Waals surface area contributed by atoms with Crippen LogP contribution in [0.2, 0.25) is 0 Å². The molecule has 32 heavy (non-hydrogen) atoms. The molecule has 1 unspecified atom stereocenters. The largest absolute Gasteiger partial charge is 0.462 e. The highest BCUT2D eigenvalue weighted by Crippen LogP contribution is 2.34. The minimum Gasteiger partial charge on any atom is -0.462 e. The number of carbonyl (C=O) groups is 2. The number of benzene rings is 1. The van der Waals surface area contributed by atoms with Crippen LogP contribution in [0, 0.1) is 0 Å². The van der Waals surface area contributed by atoms with Gasteiger partial charge in [-0.25, -0.2) is 9.59 Å². The van der Waals surface area contributed by atoms with Crippen molar-refractivity contribution >= 4 is 28.7 Å². The number of aliphatic hydroxyl groups excluding tert-OH is 1. The van der Waals surface area contributed by atoms with Gasteiger partial charge in [0.1, 0.15) is 23.1 Å². The molecule has 11 nitrogen and oxygen atoms in total. The average molecular weight is 450 g/mol. The molecular weight excluding hydrogens is 424 g/mol. The zero-order valence-electron chi connectivity index (χ0n) is 18.3. The molecule has 4 atom stereocenters. The maximum Gasteiger partial charge on any atom is 0.407 e. The SMILES string of the molecule is CNC(=O)O[C@H]1[C@H](O)C(Oc2ccc3cc(NC(C)=O)c(=O)oc3c2)OC(C)(C)[C@@H]1OC. The van der Waals surface area contributed by atoms with Crippen LogP contribution in [0.4, 0.5) is 10.5 Å². The first-order chi connectivity index (χ1) is 15.1. The molecule has 0 bridgehead atoms. The Labute approximate surface area is 183 Å². The minimum absolute atomic E-state index is 0.0197. The second-order valence-corrected chi connectivity index (χ2v) is 7.80. The number of nitrogens with one attached hydrogen (secondary N) is 2. The van der Waals surface area contributed by atoms with E-state index in [1.54, 1.807) is 26.0 Å². The summed E-state index contributed by atoms with van der Waals surface area (Å²) in [5.41, 5.74) is -1.47. The predicted molar refractivity (Wildman–Crippen MR) is 113 cm³/mol. The zero-order chi connectivity index (χ0) is 23.6. The summed E-state index contributed by atoms with van der Waals surface area (Å²) in [7, 11) is 2.82. The van der Waals surface area contributed by atoms with E-state index in [0.717, 1.165) is 0 Å². The van der Waals surface area contributed by atoms with E-state index >= 15 is 0 Å². The third kappa shape index (κ3) is 4.85. The molecule has 0 spiro atoms. The van der Waals surface area contributed by atoms with E-state index in [4.69, 9.17) is 23.4 Å². The van der Waals surface area contributed by atoms with Crippen molar-refractivity contribution < 1.29 is 38.1 Å². The third-order valence-electron chi connectivity index (χ3n) is 4.99. The molecule has 11 heteroatoms. The summed E-state index contributed by atoms with van der Waals surface area (Å²) in [5, 5.41) is 16.1. The van der Waals surface area contributed by atoms with Crippen molar-refractivity contribution in [1.29, 1.82) is 0 Å². The van der Waals surface area contributed by atoms with Crippen molar-refractivity contribution in [2.45, 2.75) is 51.0 Å². The molecule has 2 aromatic rings. The van der Waals surface area contributed by atoms with Gasteiger partial charge in [0.25, 0.3) is 0 Å². The number of amides is 2. The monoisotopic (exact) mass is 450 g/mol. The highest BCUT2D eigenvalue weighted by atomic mass is 16.7. The first-order valence-electron chi connectivity index (χ1n) is 9.85. The van der Waals surface area contributed by atoms with Crippen molar-refractivity contribution in [3.8, 4) is 5.75 Å². The molecule has 1 aromatic carbocycles. The number of anilines is 1. The Hall–Kier alpha value is -3.15. The van der Waals surface area contributed by atoms with Crippen molar-refractivity contribution in [2.75, 3.05) is 19.5 Å². The quantitative estimate of drug-likeness (QED) is 0.575. The van der Waals surface area contributed by atoms with Gasteiger partial charge in [-0.1, -0.05) is 0 Å². The Balaban J connectivity index is 1.88. The number of hydrogen-bond acceptors (Lipinski definition) is 9. The summed E-state index contributed by atoms with van der Waals surface area (Å²) in [4.78, 5) is 35.1. The van der Waals surface area contributed by atoms with Gasteiger partial charge in [0.05, 0.1) is 5.60 Å². The highest BCUT2D eigenvalue weighted by Gasteiger charge is 2.53. The highest BCUT2D eigenvalue weighted by molar-refractivity contribution is 5.91. The number of fused-ring (bicyclic) bond motifs is 1. The van der Waals surface area contributed by atoms with Crippen LogP contribution in [0.1, 0.15) is 20.8 Å². The number of aliphatic hydroxyl groups is 1. The van der Waals surface area contributed by atoms with E-state index < -0.39 is 47.8 Å². The first kappa shape index (κ1) is 23.5. The Morgan fingerprint density at radius 3 is 2.56 bits per heavy atom. The lowest BCUT2D eigenvalue weighted by Gasteiger charge is -2.47. The van der Waals surface area contributed by atoms with Gasteiger partial charge in [-0.2, -0.15) is 0 Å². The van der Waals surface area contributed by atoms with Crippen LogP contribution in [-0.2, 0) is 19.0 Å². The fraction of sp³-hybridized carbons (Fsp3) is 0.476. The summed E-state index contributed by atoms with van der Waals surface area (Å²) in [6, 6.07) is 6.14. The van der Waals surface area contributed by atoms with Crippen LogP contribution in [-0.4, -0.2) is 61.5 Å². The molecular formula is C21H26N2O9. The Morgan fingerprint density at radius 2 is 1.94 bits per heavy atom. The van der Waals surface area contributed by atoms with Gasteiger partial charge in [0.15, 0.2) is 12.2 Å². The zero-order valence-corrected chi connectivity index (χ0v) is 18.3. The number of hydrogen-bond donors (Lipinski definition) is 3. The van der Waals surface area contributed by atoms with Gasteiger partial charge >= 0.3 is 11.7 Å². The normalized spacial score (nSPS) is 24.6. The number of carbonyl (C=O) groups excluding carboxylic acids is 2. The van der Waals surface area contributed by atoms with Crippen LogP contribution < -0.4 is 21.0 Å². The van der Waals surface area contributed by atoms with Gasteiger partial charge in [-0.05, 0) is 32.0 Å². The molecule has 0 radical (unpaired) electrons. The molecule has 0 saturated carbocycles. The van der Waals surface area contributed by atoms with Crippen LogP contribution in [0.15, 0.2) is 33.5 Å². The molecule has 2 heterocycles. The van der Waals surface area contributed by atoms with Crippen molar-refractivity contribution in [3.05, 3.63) is 34.7 Å². The molecule has 3 rings (SSSR count). The van der Waals surface area contributed by atoms with Gasteiger partial charge in [0, 0.05) is 32.5 Å². The lowest BCUT2D eigenvalue weighted by molar-refractivity contribution is -0.304. The van der Waals surface area contributed by atoms with Crippen molar-refractivity contribution in [2.24, 2.45) is 0 Å². The molecule has 174 valence electrons. The molecule has 1 aliphatic heterocycles. The van der Waals surface area contributed by atoms with Gasteiger partial charge in [0.2, 0.25) is 12.2 Å². The van der Waals surface area contributed by atoms with Crippen molar-refractivity contribution in [3.63, 3.8) is 0 Å². The average Bonchev–Trinajstić information content (AvgIpc) is 2.71. The number of rotatable bonds is 5. The van der Waals surface area contributed by atoms with Crippen LogP contribution >= 0.6 is 0 Å². The summed E-state index contributed by atoms with van der Waals surface area (Å²) in [6.45, 7) is 4.71. The van der Waals surface area contributed by atoms with Gasteiger partial charge in [-0.3, -0.25) is 4.79 Å². The molecule has 1 saturated heterocycles. The van der Waals surface area contributed by atoms with E-state index in [0.29, 0.717) is 5.39 Å². The summed E-state index contributed by atoms with van der Waals surface area (Å²) in [6.07, 6.45) is -5.18. The number of alkyl carbamates (subject to hydrolysis) is 1. The fourth-order valence-corrected chi connectivity index (χ4v) is 3.57. The summed E-state index contributed by atoms with van der Waals surface area (Å²) >= 11 is 0. The minimum atomic E-state index is -1.38. The van der Waals surface area contributed by atoms with Crippen LogP contribution in [0.5, 0.6) is 5.75 Å². The number of ether oxygens (including phenoxy) is 4. The molecule has 1 aromatic heterocycles. The molecule has 0 aliphatic carbocycles.